The topological polar surface area (TPSA) is 149 Å². The summed E-state index contributed by atoms with van der Waals surface area (Å²) >= 11 is 0. The van der Waals surface area contributed by atoms with E-state index in [4.69, 9.17) is 14.7 Å². The smallest absolute Gasteiger partial charge is 0.243 e. The van der Waals surface area contributed by atoms with Crippen LogP contribution >= 0.6 is 0 Å². The van der Waals surface area contributed by atoms with Crippen LogP contribution in [-0.2, 0) is 32.2 Å². The number of benzene rings is 2. The first-order valence-corrected chi connectivity index (χ1v) is 15.0. The van der Waals surface area contributed by atoms with Crippen molar-refractivity contribution in [2.75, 3.05) is 37.6 Å². The van der Waals surface area contributed by atoms with Gasteiger partial charge in [-0.15, -0.1) is 0 Å². The van der Waals surface area contributed by atoms with Gasteiger partial charge in [-0.3, -0.25) is 19.7 Å². The van der Waals surface area contributed by atoms with Crippen LogP contribution in [0.25, 0.3) is 0 Å². The Bertz CT molecular complexity index is 1340. The SMILES string of the molecule is O=C(CCCC(=O)NCc1ccc([C@H]2O[C@@H](CN3CCN(c4ncccn4)CC3)C[C@@H](c3ccc(CO)cc3)O2)cc1)NO. The molecule has 0 unspecified atom stereocenters. The summed E-state index contributed by atoms with van der Waals surface area (Å²) in [5.41, 5.74) is 5.29. The van der Waals surface area contributed by atoms with Gasteiger partial charge in [-0.1, -0.05) is 48.5 Å². The van der Waals surface area contributed by atoms with Crippen molar-refractivity contribution in [2.45, 2.75) is 57.3 Å². The molecule has 5 rings (SSSR count). The van der Waals surface area contributed by atoms with Crippen LogP contribution in [0.15, 0.2) is 67.0 Å². The maximum absolute atomic E-state index is 12.1. The van der Waals surface area contributed by atoms with Crippen LogP contribution in [0, 0.1) is 0 Å². The van der Waals surface area contributed by atoms with E-state index in [9.17, 15) is 14.7 Å². The maximum Gasteiger partial charge on any atom is 0.243 e. The molecule has 3 aromatic rings. The van der Waals surface area contributed by atoms with Gasteiger partial charge in [0.1, 0.15) is 0 Å². The number of hydrogen-bond acceptors (Lipinski definition) is 10. The number of amides is 2. The fraction of sp³-hybridized carbons (Fsp3) is 0.438. The van der Waals surface area contributed by atoms with E-state index in [0.29, 0.717) is 19.4 Å². The number of ether oxygens (including phenoxy) is 2. The number of nitrogens with zero attached hydrogens (tertiary/aromatic N) is 4. The molecule has 2 fully saturated rings. The van der Waals surface area contributed by atoms with Crippen LogP contribution in [0.4, 0.5) is 5.95 Å². The molecule has 234 valence electrons. The van der Waals surface area contributed by atoms with E-state index >= 15 is 0 Å². The molecule has 2 aliphatic rings. The Balaban J connectivity index is 1.20. The zero-order valence-electron chi connectivity index (χ0n) is 24.7. The Hall–Kier alpha value is -3.94. The van der Waals surface area contributed by atoms with Crippen molar-refractivity contribution in [1.29, 1.82) is 0 Å². The molecule has 12 heteroatoms. The van der Waals surface area contributed by atoms with Crippen molar-refractivity contribution in [1.82, 2.24) is 25.7 Å². The monoisotopic (exact) mass is 604 g/mol. The van der Waals surface area contributed by atoms with Crippen molar-refractivity contribution in [3.05, 3.63) is 89.2 Å². The van der Waals surface area contributed by atoms with E-state index in [0.717, 1.165) is 60.9 Å². The third-order valence-corrected chi connectivity index (χ3v) is 7.96. The lowest BCUT2D eigenvalue weighted by Crippen LogP contribution is -2.50. The molecule has 2 saturated heterocycles. The highest BCUT2D eigenvalue weighted by Crippen LogP contribution is 2.38. The number of piperazine rings is 1. The van der Waals surface area contributed by atoms with Crippen LogP contribution in [0.5, 0.6) is 0 Å². The molecule has 4 N–H and O–H groups in total. The summed E-state index contributed by atoms with van der Waals surface area (Å²) in [6, 6.07) is 17.5. The molecule has 3 atom stereocenters. The normalized spacial score (nSPS) is 20.7. The number of anilines is 1. The number of aliphatic hydroxyl groups excluding tert-OH is 1. The molecule has 0 spiro atoms. The number of hydrogen-bond donors (Lipinski definition) is 4. The van der Waals surface area contributed by atoms with Gasteiger partial charge in [0.15, 0.2) is 6.29 Å². The number of nitrogens with one attached hydrogen (secondary N) is 2. The average molecular weight is 605 g/mol. The Morgan fingerprint density at radius 1 is 0.864 bits per heavy atom. The average Bonchev–Trinajstić information content (AvgIpc) is 3.08. The fourth-order valence-electron chi connectivity index (χ4n) is 5.45. The Morgan fingerprint density at radius 2 is 1.52 bits per heavy atom. The van der Waals surface area contributed by atoms with Crippen LogP contribution in [0.2, 0.25) is 0 Å². The number of aliphatic hydroxyl groups is 1. The second kappa shape index (κ2) is 15.7. The molecule has 2 aromatic carbocycles. The zero-order valence-corrected chi connectivity index (χ0v) is 24.7. The van der Waals surface area contributed by atoms with E-state index in [1.807, 2.05) is 54.6 Å². The molecular weight excluding hydrogens is 564 g/mol. The van der Waals surface area contributed by atoms with E-state index in [1.165, 1.54) is 0 Å². The minimum atomic E-state index is -0.559. The highest BCUT2D eigenvalue weighted by atomic mass is 16.7. The second-order valence-corrected chi connectivity index (χ2v) is 11.1. The number of carbonyl (C=O) groups excluding carboxylic acids is 2. The van der Waals surface area contributed by atoms with E-state index in [2.05, 4.69) is 25.1 Å². The predicted molar refractivity (Wildman–Crippen MR) is 161 cm³/mol. The molecule has 2 amide bonds. The minimum absolute atomic E-state index is 0.00612. The number of aromatic nitrogens is 2. The molecule has 0 aliphatic carbocycles. The quantitative estimate of drug-likeness (QED) is 0.180. The molecule has 0 radical (unpaired) electrons. The number of hydroxylamine groups is 1. The van der Waals surface area contributed by atoms with Gasteiger partial charge in [-0.2, -0.15) is 0 Å². The van der Waals surface area contributed by atoms with Gasteiger partial charge in [0, 0.05) is 76.5 Å². The van der Waals surface area contributed by atoms with Gasteiger partial charge in [0.2, 0.25) is 17.8 Å². The predicted octanol–water partition coefficient (Wildman–Crippen LogP) is 2.63. The third kappa shape index (κ3) is 8.80. The van der Waals surface area contributed by atoms with E-state index < -0.39 is 12.2 Å². The van der Waals surface area contributed by atoms with Crippen LogP contribution in [-0.4, -0.2) is 75.8 Å². The van der Waals surface area contributed by atoms with Crippen molar-refractivity contribution < 1.29 is 29.4 Å². The van der Waals surface area contributed by atoms with Gasteiger partial charge >= 0.3 is 0 Å². The molecule has 0 bridgehead atoms. The molecule has 44 heavy (non-hydrogen) atoms. The number of rotatable bonds is 12. The maximum atomic E-state index is 12.1. The third-order valence-electron chi connectivity index (χ3n) is 7.96. The standard InChI is InChI=1S/C32H40N6O6/c39-22-24-7-9-25(10-8-24)28-19-27(21-37-15-17-38(18-16-37)32-33-13-2-14-34-32)43-31(44-28)26-11-5-23(6-12-26)20-35-29(40)3-1-4-30(41)36-42/h2,5-14,27-28,31,39,42H,1,3-4,15-22H2,(H,35,40)(H,36,41)/t27-,28+,31+/m1/s1. The number of carbonyl (C=O) groups is 2. The zero-order chi connectivity index (χ0) is 30.7. The minimum Gasteiger partial charge on any atom is -0.392 e. The Kier molecular flexibility index (Phi) is 11.2. The first kappa shape index (κ1) is 31.5. The molecule has 2 aliphatic heterocycles. The summed E-state index contributed by atoms with van der Waals surface area (Å²) in [5, 5.41) is 20.9. The van der Waals surface area contributed by atoms with Crippen LogP contribution < -0.4 is 15.7 Å². The van der Waals surface area contributed by atoms with Crippen molar-refractivity contribution in [2.24, 2.45) is 0 Å². The van der Waals surface area contributed by atoms with Gasteiger partial charge in [0.25, 0.3) is 0 Å². The van der Waals surface area contributed by atoms with Gasteiger partial charge in [0.05, 0.1) is 18.8 Å². The van der Waals surface area contributed by atoms with Gasteiger partial charge < -0.3 is 24.8 Å². The fourth-order valence-corrected chi connectivity index (χ4v) is 5.45. The summed E-state index contributed by atoms with van der Waals surface area (Å²) in [6.07, 6.45) is 4.11. The Labute approximate surface area is 257 Å². The lowest BCUT2D eigenvalue weighted by Gasteiger charge is -2.40. The lowest BCUT2D eigenvalue weighted by atomic mass is 9.99. The largest absolute Gasteiger partial charge is 0.392 e. The molecular formula is C32H40N6O6. The Morgan fingerprint density at radius 3 is 2.20 bits per heavy atom. The molecule has 1 aromatic heterocycles. The summed E-state index contributed by atoms with van der Waals surface area (Å²) < 4.78 is 13.0. The van der Waals surface area contributed by atoms with Crippen LogP contribution in [0.3, 0.4) is 0 Å². The summed E-state index contributed by atoms with van der Waals surface area (Å²) in [7, 11) is 0. The van der Waals surface area contributed by atoms with Crippen molar-refractivity contribution in [3.63, 3.8) is 0 Å². The summed E-state index contributed by atoms with van der Waals surface area (Å²) in [5.74, 6) is 0.0951. The van der Waals surface area contributed by atoms with E-state index in [1.54, 1.807) is 17.9 Å². The van der Waals surface area contributed by atoms with Gasteiger partial charge in [-0.05, 0) is 29.2 Å². The lowest BCUT2D eigenvalue weighted by molar-refractivity contribution is -0.253. The molecule has 0 saturated carbocycles. The highest BCUT2D eigenvalue weighted by molar-refractivity contribution is 5.78. The van der Waals surface area contributed by atoms with Gasteiger partial charge in [-0.25, -0.2) is 15.4 Å². The molecule has 12 nitrogen and oxygen atoms in total. The van der Waals surface area contributed by atoms with Crippen molar-refractivity contribution in [3.8, 4) is 0 Å². The summed E-state index contributed by atoms with van der Waals surface area (Å²) in [6.45, 7) is 4.59. The van der Waals surface area contributed by atoms with Crippen LogP contribution in [0.1, 0.15) is 60.3 Å². The molecule has 3 heterocycles. The van der Waals surface area contributed by atoms with E-state index in [-0.39, 0.29) is 37.6 Å². The first-order valence-electron chi connectivity index (χ1n) is 15.0. The first-order chi connectivity index (χ1) is 21.5. The highest BCUT2D eigenvalue weighted by Gasteiger charge is 2.34. The second-order valence-electron chi connectivity index (χ2n) is 11.1. The van der Waals surface area contributed by atoms with Crippen molar-refractivity contribution >= 4 is 17.8 Å². The summed E-state index contributed by atoms with van der Waals surface area (Å²) in [4.78, 5) is 36.6.